The van der Waals surface area contributed by atoms with Crippen molar-refractivity contribution in [2.24, 2.45) is 0 Å². The summed E-state index contributed by atoms with van der Waals surface area (Å²) in [4.78, 5) is 4.83. The van der Waals surface area contributed by atoms with E-state index in [0.717, 1.165) is 4.88 Å². The fraction of sp³-hybridized carbons (Fsp3) is 0. The molecule has 0 bridgehead atoms. The lowest BCUT2D eigenvalue weighted by molar-refractivity contribution is 0.631. The highest BCUT2D eigenvalue weighted by atomic mass is 79.9. The van der Waals surface area contributed by atoms with Crippen molar-refractivity contribution < 1.29 is 4.39 Å². The molecule has 0 spiro atoms. The first-order valence-electron chi connectivity index (χ1n) is 3.63. The van der Waals surface area contributed by atoms with Gasteiger partial charge in [0.1, 0.15) is 10.4 Å². The van der Waals surface area contributed by atoms with Gasteiger partial charge in [-0.3, -0.25) is 0 Å². The summed E-state index contributed by atoms with van der Waals surface area (Å²) in [5.74, 6) is -0.215. The van der Waals surface area contributed by atoms with E-state index in [2.05, 4.69) is 20.9 Å². The van der Waals surface area contributed by atoms with Gasteiger partial charge in [-0.05, 0) is 22.0 Å². The van der Waals surface area contributed by atoms with E-state index < -0.39 is 0 Å². The van der Waals surface area contributed by atoms with E-state index >= 15 is 0 Å². The van der Waals surface area contributed by atoms with E-state index in [4.69, 9.17) is 0 Å². The average molecular weight is 258 g/mol. The van der Waals surface area contributed by atoms with E-state index in [0.29, 0.717) is 10.2 Å². The summed E-state index contributed by atoms with van der Waals surface area (Å²) in [7, 11) is 0. The van der Waals surface area contributed by atoms with E-state index in [9.17, 15) is 4.39 Å². The van der Waals surface area contributed by atoms with Crippen LogP contribution >= 0.6 is 27.3 Å². The molecule has 0 amide bonds. The highest BCUT2D eigenvalue weighted by Crippen LogP contribution is 2.32. The Balaban J connectivity index is 2.59. The first-order valence-corrected chi connectivity index (χ1v) is 5.30. The third-order valence-corrected chi connectivity index (χ3v) is 3.37. The molecule has 0 unspecified atom stereocenters. The van der Waals surface area contributed by atoms with Crippen LogP contribution in [-0.2, 0) is 0 Å². The first-order chi connectivity index (χ1) is 6.29. The van der Waals surface area contributed by atoms with Gasteiger partial charge in [0.15, 0.2) is 0 Å². The topological polar surface area (TPSA) is 12.9 Å². The molecular weight excluding hydrogens is 253 g/mol. The van der Waals surface area contributed by atoms with Gasteiger partial charge in [0, 0.05) is 5.56 Å². The van der Waals surface area contributed by atoms with E-state index in [1.54, 1.807) is 17.6 Å². The number of halogens is 2. The molecule has 2 rings (SSSR count). The summed E-state index contributed by atoms with van der Waals surface area (Å²) in [6, 6.07) is 6.67. The molecule has 0 fully saturated rings. The van der Waals surface area contributed by atoms with E-state index in [1.807, 2.05) is 6.07 Å². The smallest absolute Gasteiger partial charge is 0.131 e. The molecule has 0 saturated heterocycles. The minimum atomic E-state index is -0.215. The molecule has 0 aliphatic carbocycles. The number of aromatic nitrogens is 1. The molecule has 1 heterocycles. The molecule has 0 saturated carbocycles. The maximum Gasteiger partial charge on any atom is 0.131 e. The molecule has 2 aromatic rings. The summed E-state index contributed by atoms with van der Waals surface area (Å²) < 4.78 is 14.0. The van der Waals surface area contributed by atoms with Gasteiger partial charge in [-0.25, -0.2) is 9.37 Å². The van der Waals surface area contributed by atoms with Crippen molar-refractivity contribution in [3.8, 4) is 10.4 Å². The molecule has 0 N–H and O–H groups in total. The van der Waals surface area contributed by atoms with Crippen LogP contribution in [0.1, 0.15) is 0 Å². The van der Waals surface area contributed by atoms with Crippen molar-refractivity contribution in [1.82, 2.24) is 4.98 Å². The van der Waals surface area contributed by atoms with Crippen molar-refractivity contribution in [3.05, 3.63) is 40.2 Å². The standard InChI is InChI=1S/C9H5BrFNS/c10-9-8(13-5-12-9)6-3-1-2-4-7(6)11/h1-5H. The second kappa shape index (κ2) is 3.55. The molecule has 13 heavy (non-hydrogen) atoms. The van der Waals surface area contributed by atoms with Gasteiger partial charge in [-0.1, -0.05) is 18.2 Å². The second-order valence-electron chi connectivity index (χ2n) is 2.45. The molecule has 0 aliphatic heterocycles. The molecule has 1 nitrogen and oxygen atoms in total. The van der Waals surface area contributed by atoms with Crippen LogP contribution in [0.4, 0.5) is 4.39 Å². The number of hydrogen-bond acceptors (Lipinski definition) is 2. The Morgan fingerprint density at radius 1 is 1.31 bits per heavy atom. The van der Waals surface area contributed by atoms with Crippen LogP contribution in [0.15, 0.2) is 34.4 Å². The molecule has 4 heteroatoms. The zero-order valence-corrected chi connectivity index (χ0v) is 8.90. The van der Waals surface area contributed by atoms with Gasteiger partial charge in [-0.2, -0.15) is 0 Å². The van der Waals surface area contributed by atoms with E-state index in [-0.39, 0.29) is 5.82 Å². The fourth-order valence-corrected chi connectivity index (χ4v) is 2.49. The van der Waals surface area contributed by atoms with Crippen LogP contribution in [0.2, 0.25) is 0 Å². The van der Waals surface area contributed by atoms with Crippen LogP contribution in [-0.4, -0.2) is 4.98 Å². The van der Waals surface area contributed by atoms with Crippen molar-refractivity contribution >= 4 is 27.3 Å². The van der Waals surface area contributed by atoms with Crippen LogP contribution in [0.3, 0.4) is 0 Å². The molecular formula is C9H5BrFNS. The molecule has 66 valence electrons. The average Bonchev–Trinajstić information content (AvgIpc) is 2.52. The van der Waals surface area contributed by atoms with Crippen LogP contribution < -0.4 is 0 Å². The van der Waals surface area contributed by atoms with Crippen molar-refractivity contribution in [1.29, 1.82) is 0 Å². The lowest BCUT2D eigenvalue weighted by Gasteiger charge is -1.98. The maximum atomic E-state index is 13.3. The number of thiazole rings is 1. The quantitative estimate of drug-likeness (QED) is 0.759. The lowest BCUT2D eigenvalue weighted by atomic mass is 10.2. The third-order valence-electron chi connectivity index (χ3n) is 1.64. The highest BCUT2D eigenvalue weighted by molar-refractivity contribution is 9.10. The van der Waals surface area contributed by atoms with Crippen molar-refractivity contribution in [3.63, 3.8) is 0 Å². The minimum Gasteiger partial charge on any atom is -0.237 e. The maximum absolute atomic E-state index is 13.3. The van der Waals surface area contributed by atoms with Crippen LogP contribution in [0.5, 0.6) is 0 Å². The zero-order chi connectivity index (χ0) is 9.26. The Hall–Kier alpha value is -0.740. The Morgan fingerprint density at radius 2 is 2.08 bits per heavy atom. The highest BCUT2D eigenvalue weighted by Gasteiger charge is 2.09. The predicted octanol–water partition coefficient (Wildman–Crippen LogP) is 3.71. The summed E-state index contributed by atoms with van der Waals surface area (Å²) in [5.41, 5.74) is 2.28. The van der Waals surface area contributed by atoms with Gasteiger partial charge in [0.05, 0.1) is 10.4 Å². The van der Waals surface area contributed by atoms with Crippen molar-refractivity contribution in [2.45, 2.75) is 0 Å². The molecule has 0 aliphatic rings. The Morgan fingerprint density at radius 3 is 2.69 bits per heavy atom. The summed E-state index contributed by atoms with van der Waals surface area (Å²) >= 11 is 4.69. The van der Waals surface area contributed by atoms with Gasteiger partial charge in [0.25, 0.3) is 0 Å². The number of hydrogen-bond donors (Lipinski definition) is 0. The number of benzene rings is 1. The van der Waals surface area contributed by atoms with Crippen LogP contribution in [0.25, 0.3) is 10.4 Å². The van der Waals surface area contributed by atoms with Gasteiger partial charge in [-0.15, -0.1) is 11.3 Å². The Kier molecular flexibility index (Phi) is 2.42. The lowest BCUT2D eigenvalue weighted by Crippen LogP contribution is -1.80. The van der Waals surface area contributed by atoms with E-state index in [1.165, 1.54) is 17.4 Å². The minimum absolute atomic E-state index is 0.215. The summed E-state index contributed by atoms with van der Waals surface area (Å²) in [5, 5.41) is 0. The molecule has 1 aromatic heterocycles. The molecule has 0 radical (unpaired) electrons. The summed E-state index contributed by atoms with van der Waals surface area (Å²) in [6.45, 7) is 0. The van der Waals surface area contributed by atoms with Gasteiger partial charge in [0.2, 0.25) is 0 Å². The zero-order valence-electron chi connectivity index (χ0n) is 6.50. The molecule has 0 atom stereocenters. The summed E-state index contributed by atoms with van der Waals surface area (Å²) in [6.07, 6.45) is 0. The predicted molar refractivity (Wildman–Crippen MR) is 55.2 cm³/mol. The SMILES string of the molecule is Fc1ccccc1-c1scnc1Br. The Labute approximate surface area is 87.4 Å². The van der Waals surface area contributed by atoms with Gasteiger partial charge >= 0.3 is 0 Å². The van der Waals surface area contributed by atoms with Crippen molar-refractivity contribution in [2.75, 3.05) is 0 Å². The fourth-order valence-electron chi connectivity index (χ4n) is 1.05. The first kappa shape index (κ1) is 8.84. The normalized spacial score (nSPS) is 10.3. The number of nitrogens with zero attached hydrogens (tertiary/aromatic N) is 1. The third kappa shape index (κ3) is 1.64. The van der Waals surface area contributed by atoms with Crippen LogP contribution in [0, 0.1) is 5.82 Å². The molecule has 1 aromatic carbocycles. The Bertz CT molecular complexity index is 427. The van der Waals surface area contributed by atoms with Gasteiger partial charge < -0.3 is 0 Å². The number of rotatable bonds is 1. The monoisotopic (exact) mass is 257 g/mol. The largest absolute Gasteiger partial charge is 0.237 e. The second-order valence-corrected chi connectivity index (χ2v) is 4.06.